The summed E-state index contributed by atoms with van der Waals surface area (Å²) in [5, 5.41) is 11.5. The van der Waals surface area contributed by atoms with Crippen LogP contribution in [-0.4, -0.2) is 43.7 Å². The fourth-order valence-corrected chi connectivity index (χ4v) is 4.78. The second-order valence-corrected chi connectivity index (χ2v) is 9.96. The van der Waals surface area contributed by atoms with E-state index in [9.17, 15) is 14.7 Å². The van der Waals surface area contributed by atoms with Crippen LogP contribution in [0.1, 0.15) is 36.6 Å². The van der Waals surface area contributed by atoms with Gasteiger partial charge in [0, 0.05) is 17.3 Å². The number of hydrogen-bond donors (Lipinski definition) is 1. The van der Waals surface area contributed by atoms with Crippen LogP contribution in [-0.2, 0) is 9.59 Å². The first-order valence-corrected chi connectivity index (χ1v) is 12.9. The predicted octanol–water partition coefficient (Wildman–Crippen LogP) is 5.44. The molecule has 5 rings (SSSR count). The highest BCUT2D eigenvalue weighted by Crippen LogP contribution is 2.45. The molecule has 1 saturated heterocycles. The Morgan fingerprint density at radius 1 is 1.03 bits per heavy atom. The summed E-state index contributed by atoms with van der Waals surface area (Å²) in [7, 11) is 1.54. The quantitative estimate of drug-likeness (QED) is 0.248. The zero-order valence-electron chi connectivity index (χ0n) is 22.4. The van der Waals surface area contributed by atoms with Gasteiger partial charge in [-0.1, -0.05) is 26.0 Å². The Morgan fingerprint density at radius 3 is 2.51 bits per heavy atom. The predicted molar refractivity (Wildman–Crippen MR) is 147 cm³/mol. The lowest BCUT2D eigenvalue weighted by Crippen LogP contribution is -2.29. The van der Waals surface area contributed by atoms with Gasteiger partial charge in [-0.15, -0.1) is 0 Å². The smallest absolute Gasteiger partial charge is 0.300 e. The molecule has 2 heterocycles. The normalized spacial score (nSPS) is 18.0. The highest BCUT2D eigenvalue weighted by molar-refractivity contribution is 6.51. The van der Waals surface area contributed by atoms with Crippen molar-refractivity contribution in [2.75, 3.05) is 31.8 Å². The number of aliphatic hydroxyl groups is 1. The lowest BCUT2D eigenvalue weighted by molar-refractivity contribution is -0.132. The van der Waals surface area contributed by atoms with E-state index in [-0.39, 0.29) is 11.3 Å². The van der Waals surface area contributed by atoms with Crippen LogP contribution >= 0.6 is 0 Å². The van der Waals surface area contributed by atoms with E-state index in [0.29, 0.717) is 65.6 Å². The summed E-state index contributed by atoms with van der Waals surface area (Å²) in [5.41, 5.74) is 2.26. The van der Waals surface area contributed by atoms with Crippen LogP contribution < -0.4 is 23.8 Å². The molecule has 0 aliphatic carbocycles. The molecular weight excluding hydrogens is 498 g/mol. The molecule has 2 aliphatic heterocycles. The molecule has 1 N–H and O–H groups in total. The van der Waals surface area contributed by atoms with E-state index >= 15 is 0 Å². The SMILES string of the molecule is COc1cccc(C2/C(=C(\O)c3ccc(OCC(C)C)c(C)c3)C(=O)C(=O)N2c2ccc3c(c2)OCCO3)c1. The van der Waals surface area contributed by atoms with E-state index < -0.39 is 17.7 Å². The Balaban J connectivity index is 1.63. The first-order valence-electron chi connectivity index (χ1n) is 12.9. The van der Waals surface area contributed by atoms with Gasteiger partial charge in [0.15, 0.2) is 11.5 Å². The molecule has 8 nitrogen and oxygen atoms in total. The number of carbonyl (C=O) groups is 2. The Kier molecular flexibility index (Phi) is 7.19. The summed E-state index contributed by atoms with van der Waals surface area (Å²) in [6, 6.07) is 16.5. The Labute approximate surface area is 227 Å². The van der Waals surface area contributed by atoms with E-state index in [1.165, 1.54) is 4.90 Å². The molecule has 0 bridgehead atoms. The van der Waals surface area contributed by atoms with Crippen LogP contribution in [0.15, 0.2) is 66.2 Å². The van der Waals surface area contributed by atoms with Crippen molar-refractivity contribution in [1.29, 1.82) is 0 Å². The summed E-state index contributed by atoms with van der Waals surface area (Å²) in [5.74, 6) is 0.857. The third kappa shape index (κ3) is 5.02. The molecular formula is C31H31NO7. The number of ether oxygens (including phenoxy) is 4. The summed E-state index contributed by atoms with van der Waals surface area (Å²) in [6.07, 6.45) is 0. The van der Waals surface area contributed by atoms with Crippen LogP contribution in [0.2, 0.25) is 0 Å². The van der Waals surface area contributed by atoms with Gasteiger partial charge in [0.05, 0.1) is 25.3 Å². The van der Waals surface area contributed by atoms with Crippen molar-refractivity contribution in [2.24, 2.45) is 5.92 Å². The molecule has 39 heavy (non-hydrogen) atoms. The number of nitrogens with zero attached hydrogens (tertiary/aromatic N) is 1. The molecule has 8 heteroatoms. The molecule has 202 valence electrons. The number of ketones is 1. The molecule has 1 fully saturated rings. The van der Waals surface area contributed by atoms with Crippen molar-refractivity contribution in [3.05, 3.63) is 82.9 Å². The van der Waals surface area contributed by atoms with Crippen molar-refractivity contribution >= 4 is 23.1 Å². The molecule has 1 amide bonds. The van der Waals surface area contributed by atoms with Crippen LogP contribution in [0.5, 0.6) is 23.0 Å². The monoisotopic (exact) mass is 529 g/mol. The molecule has 3 aromatic rings. The maximum atomic E-state index is 13.5. The first-order chi connectivity index (χ1) is 18.8. The number of rotatable bonds is 7. The molecule has 0 spiro atoms. The first kappa shape index (κ1) is 26.2. The molecule has 3 aromatic carbocycles. The molecule has 1 atom stereocenters. The summed E-state index contributed by atoms with van der Waals surface area (Å²) < 4.78 is 22.6. The van der Waals surface area contributed by atoms with Crippen molar-refractivity contribution in [3.8, 4) is 23.0 Å². The van der Waals surface area contributed by atoms with Gasteiger partial charge in [-0.3, -0.25) is 14.5 Å². The Bertz CT molecular complexity index is 1460. The van der Waals surface area contributed by atoms with Crippen molar-refractivity contribution in [1.82, 2.24) is 0 Å². The van der Waals surface area contributed by atoms with E-state index in [2.05, 4.69) is 13.8 Å². The fourth-order valence-electron chi connectivity index (χ4n) is 4.78. The molecule has 1 unspecified atom stereocenters. The highest BCUT2D eigenvalue weighted by atomic mass is 16.6. The van der Waals surface area contributed by atoms with Crippen molar-refractivity contribution in [3.63, 3.8) is 0 Å². The van der Waals surface area contributed by atoms with E-state index in [0.717, 1.165) is 5.56 Å². The molecule has 0 aromatic heterocycles. The van der Waals surface area contributed by atoms with Crippen molar-refractivity contribution < 1.29 is 33.6 Å². The number of anilines is 1. The second kappa shape index (κ2) is 10.7. The standard InChI is InChI=1S/C31H31NO7/c1-18(2)17-39-24-10-8-21(14-19(24)3)29(33)27-28(20-6-5-7-23(15-20)36-4)32(31(35)30(27)34)22-9-11-25-26(16-22)38-13-12-37-25/h5-11,14-16,18,28,33H,12-13,17H2,1-4H3/b29-27+. The Morgan fingerprint density at radius 2 is 1.79 bits per heavy atom. The topological polar surface area (TPSA) is 94.5 Å². The molecule has 0 radical (unpaired) electrons. The second-order valence-electron chi connectivity index (χ2n) is 9.96. The number of benzene rings is 3. The van der Waals surface area contributed by atoms with E-state index in [4.69, 9.17) is 18.9 Å². The third-order valence-corrected chi connectivity index (χ3v) is 6.68. The summed E-state index contributed by atoms with van der Waals surface area (Å²) in [6.45, 7) is 7.37. The number of Topliss-reactive ketones (excluding diaryl/α,β-unsaturated/α-hetero) is 1. The fraction of sp³-hybridized carbons (Fsp3) is 0.290. The van der Waals surface area contributed by atoms with Gasteiger partial charge in [-0.05, 0) is 66.4 Å². The number of aliphatic hydroxyl groups excluding tert-OH is 1. The third-order valence-electron chi connectivity index (χ3n) is 6.68. The minimum atomic E-state index is -0.903. The van der Waals surface area contributed by atoms with Crippen molar-refractivity contribution in [2.45, 2.75) is 26.8 Å². The van der Waals surface area contributed by atoms with Gasteiger partial charge in [-0.25, -0.2) is 0 Å². The maximum absolute atomic E-state index is 13.5. The van der Waals surface area contributed by atoms with E-state index in [1.54, 1.807) is 67.8 Å². The van der Waals surface area contributed by atoms with Gasteiger partial charge >= 0.3 is 0 Å². The average Bonchev–Trinajstić information content (AvgIpc) is 3.21. The minimum Gasteiger partial charge on any atom is -0.507 e. The van der Waals surface area contributed by atoms with Gasteiger partial charge in [0.2, 0.25) is 0 Å². The number of methoxy groups -OCH3 is 1. The van der Waals surface area contributed by atoms with Crippen LogP contribution in [0.3, 0.4) is 0 Å². The Hall–Kier alpha value is -4.46. The largest absolute Gasteiger partial charge is 0.507 e. The lowest BCUT2D eigenvalue weighted by atomic mass is 9.94. The molecule has 2 aliphatic rings. The van der Waals surface area contributed by atoms with Crippen LogP contribution in [0.4, 0.5) is 5.69 Å². The minimum absolute atomic E-state index is 0.0154. The van der Waals surface area contributed by atoms with Crippen LogP contribution in [0.25, 0.3) is 5.76 Å². The summed E-state index contributed by atoms with van der Waals surface area (Å²) >= 11 is 0. The molecule has 0 saturated carbocycles. The zero-order chi connectivity index (χ0) is 27.7. The number of hydrogen-bond acceptors (Lipinski definition) is 7. The van der Waals surface area contributed by atoms with Gasteiger partial charge < -0.3 is 24.1 Å². The number of aryl methyl sites for hydroxylation is 1. The highest BCUT2D eigenvalue weighted by Gasteiger charge is 2.47. The van der Waals surface area contributed by atoms with Gasteiger partial charge in [0.25, 0.3) is 11.7 Å². The van der Waals surface area contributed by atoms with Gasteiger partial charge in [-0.2, -0.15) is 0 Å². The zero-order valence-corrected chi connectivity index (χ0v) is 22.4. The van der Waals surface area contributed by atoms with Gasteiger partial charge in [0.1, 0.15) is 30.5 Å². The average molecular weight is 530 g/mol. The number of carbonyl (C=O) groups excluding carboxylic acids is 2. The maximum Gasteiger partial charge on any atom is 0.300 e. The lowest BCUT2D eigenvalue weighted by Gasteiger charge is -2.27. The van der Waals surface area contributed by atoms with E-state index in [1.807, 2.05) is 6.92 Å². The number of amides is 1. The summed E-state index contributed by atoms with van der Waals surface area (Å²) in [4.78, 5) is 28.5. The van der Waals surface area contributed by atoms with Crippen LogP contribution in [0, 0.1) is 12.8 Å². The number of fused-ring (bicyclic) bond motifs is 1.